The van der Waals surface area contributed by atoms with Crippen LogP contribution in [0.5, 0.6) is 0 Å². The predicted molar refractivity (Wildman–Crippen MR) is 127 cm³/mol. The van der Waals surface area contributed by atoms with Gasteiger partial charge in [-0.2, -0.15) is 5.10 Å². The summed E-state index contributed by atoms with van der Waals surface area (Å²) in [5.41, 5.74) is 5.01. The molecule has 1 aliphatic heterocycles. The van der Waals surface area contributed by atoms with Crippen molar-refractivity contribution in [3.63, 3.8) is 0 Å². The fourth-order valence-electron chi connectivity index (χ4n) is 4.31. The fraction of sp³-hybridized carbons (Fsp3) is 0.217. The van der Waals surface area contributed by atoms with E-state index in [1.807, 2.05) is 55.3 Å². The molecule has 0 radical (unpaired) electrons. The van der Waals surface area contributed by atoms with Gasteiger partial charge in [-0.15, -0.1) is 0 Å². The van der Waals surface area contributed by atoms with Crippen LogP contribution in [-0.2, 0) is 20.1 Å². The molecule has 8 heteroatoms. The van der Waals surface area contributed by atoms with Gasteiger partial charge in [0.05, 0.1) is 12.2 Å². The first-order valence-electron chi connectivity index (χ1n) is 10.0. The van der Waals surface area contributed by atoms with Crippen molar-refractivity contribution in [2.75, 3.05) is 11.9 Å². The van der Waals surface area contributed by atoms with Gasteiger partial charge in [-0.3, -0.25) is 10.00 Å². The van der Waals surface area contributed by atoms with Gasteiger partial charge in [0.15, 0.2) is 0 Å². The molecule has 0 saturated heterocycles. The number of rotatable bonds is 2. The van der Waals surface area contributed by atoms with Crippen LogP contribution in [0.15, 0.2) is 53.0 Å². The summed E-state index contributed by atoms with van der Waals surface area (Å²) in [7, 11) is 1.85. The molecular weight excluding hydrogens is 478 g/mol. The first-order valence-corrected chi connectivity index (χ1v) is 11.2. The lowest BCUT2D eigenvalue weighted by Gasteiger charge is -2.29. The second-order valence-corrected chi connectivity index (χ2v) is 9.07. The zero-order valence-corrected chi connectivity index (χ0v) is 19.5. The zero-order valence-electron chi connectivity index (χ0n) is 17.2. The van der Waals surface area contributed by atoms with Crippen molar-refractivity contribution in [2.45, 2.75) is 20.0 Å². The summed E-state index contributed by atoms with van der Waals surface area (Å²) in [5.74, 6) is 0.694. The molecule has 2 amide bonds. The highest BCUT2D eigenvalue weighted by atomic mass is 79.9. The van der Waals surface area contributed by atoms with Crippen LogP contribution in [0, 0.1) is 6.92 Å². The summed E-state index contributed by atoms with van der Waals surface area (Å²) in [6.07, 6.45) is 0. The average Bonchev–Trinajstić information content (AvgIpc) is 3.26. The Morgan fingerprint density at radius 2 is 1.94 bits per heavy atom. The van der Waals surface area contributed by atoms with E-state index in [2.05, 4.69) is 43.0 Å². The SMILES string of the molecule is Cc1nn(C)c(NC(=O)N2CCn3c(cc4c(Cl)cccc43)C2)c1-c1ccc(Br)cc1. The number of nitrogens with zero attached hydrogens (tertiary/aromatic N) is 4. The molecule has 0 unspecified atom stereocenters. The number of anilines is 1. The van der Waals surface area contributed by atoms with Gasteiger partial charge in [0.1, 0.15) is 5.82 Å². The maximum absolute atomic E-state index is 13.2. The molecule has 0 fully saturated rings. The summed E-state index contributed by atoms with van der Waals surface area (Å²) < 4.78 is 4.98. The lowest BCUT2D eigenvalue weighted by Crippen LogP contribution is -2.40. The summed E-state index contributed by atoms with van der Waals surface area (Å²) in [4.78, 5) is 15.0. The van der Waals surface area contributed by atoms with Crippen molar-refractivity contribution in [1.82, 2.24) is 19.2 Å². The number of amides is 2. The Balaban J connectivity index is 1.42. The molecule has 5 rings (SSSR count). The molecule has 0 bridgehead atoms. The number of benzene rings is 2. The van der Waals surface area contributed by atoms with Crippen LogP contribution in [0.3, 0.4) is 0 Å². The van der Waals surface area contributed by atoms with Crippen LogP contribution < -0.4 is 5.32 Å². The number of hydrogen-bond acceptors (Lipinski definition) is 2. The average molecular weight is 499 g/mol. The van der Waals surface area contributed by atoms with E-state index in [0.717, 1.165) is 49.5 Å². The third-order valence-electron chi connectivity index (χ3n) is 5.79. The number of hydrogen-bond donors (Lipinski definition) is 1. The van der Waals surface area contributed by atoms with Gasteiger partial charge in [-0.05, 0) is 42.8 Å². The lowest BCUT2D eigenvalue weighted by atomic mass is 10.1. The molecule has 0 spiro atoms. The molecule has 158 valence electrons. The molecule has 31 heavy (non-hydrogen) atoms. The topological polar surface area (TPSA) is 55.1 Å². The Kier molecular flexibility index (Phi) is 5.02. The Morgan fingerprint density at radius 3 is 2.71 bits per heavy atom. The highest BCUT2D eigenvalue weighted by Gasteiger charge is 2.25. The summed E-state index contributed by atoms with van der Waals surface area (Å²) >= 11 is 9.84. The number of halogens is 2. The maximum Gasteiger partial charge on any atom is 0.323 e. The summed E-state index contributed by atoms with van der Waals surface area (Å²) in [6.45, 7) is 3.84. The number of nitrogens with one attached hydrogen (secondary N) is 1. The Labute approximate surface area is 193 Å². The van der Waals surface area contributed by atoms with E-state index < -0.39 is 0 Å². The molecular formula is C23H21BrClN5O. The first-order chi connectivity index (χ1) is 14.9. The van der Waals surface area contributed by atoms with Crippen molar-refractivity contribution in [1.29, 1.82) is 0 Å². The van der Waals surface area contributed by atoms with Crippen molar-refractivity contribution < 1.29 is 4.79 Å². The third-order valence-corrected chi connectivity index (χ3v) is 6.65. The minimum absolute atomic E-state index is 0.135. The molecule has 2 aromatic carbocycles. The number of carbonyl (C=O) groups excluding carboxylic acids is 1. The van der Waals surface area contributed by atoms with Gasteiger partial charge in [0.25, 0.3) is 0 Å². The first kappa shape index (κ1) is 20.2. The molecule has 4 aromatic rings. The summed E-state index contributed by atoms with van der Waals surface area (Å²) in [5, 5.41) is 9.40. The van der Waals surface area contributed by atoms with E-state index in [-0.39, 0.29) is 6.03 Å². The largest absolute Gasteiger partial charge is 0.341 e. The maximum atomic E-state index is 13.2. The van der Waals surface area contributed by atoms with E-state index in [1.54, 1.807) is 4.68 Å². The number of aryl methyl sites for hydroxylation is 2. The van der Waals surface area contributed by atoms with Gasteiger partial charge >= 0.3 is 6.03 Å². The van der Waals surface area contributed by atoms with Crippen molar-refractivity contribution in [3.8, 4) is 11.1 Å². The number of aromatic nitrogens is 3. The number of fused-ring (bicyclic) bond motifs is 3. The van der Waals surface area contributed by atoms with Crippen molar-refractivity contribution >= 4 is 50.3 Å². The predicted octanol–water partition coefficient (Wildman–Crippen LogP) is 5.81. The molecule has 6 nitrogen and oxygen atoms in total. The Hall–Kier alpha value is -2.77. The quantitative estimate of drug-likeness (QED) is 0.379. The molecule has 0 saturated carbocycles. The van der Waals surface area contributed by atoms with E-state index >= 15 is 0 Å². The van der Waals surface area contributed by atoms with Crippen LogP contribution in [-0.4, -0.2) is 31.8 Å². The Bertz CT molecular complexity index is 1310. The summed E-state index contributed by atoms with van der Waals surface area (Å²) in [6, 6.07) is 15.9. The lowest BCUT2D eigenvalue weighted by molar-refractivity contribution is 0.197. The molecule has 1 N–H and O–H groups in total. The van der Waals surface area contributed by atoms with Gasteiger partial charge in [-0.1, -0.05) is 45.7 Å². The zero-order chi connectivity index (χ0) is 21.7. The van der Waals surface area contributed by atoms with Crippen LogP contribution in [0.1, 0.15) is 11.4 Å². The fourth-order valence-corrected chi connectivity index (χ4v) is 4.80. The van der Waals surface area contributed by atoms with E-state index in [0.29, 0.717) is 18.9 Å². The molecule has 0 atom stereocenters. The highest BCUT2D eigenvalue weighted by Crippen LogP contribution is 2.33. The van der Waals surface area contributed by atoms with Crippen LogP contribution in [0.25, 0.3) is 22.0 Å². The monoisotopic (exact) mass is 497 g/mol. The normalized spacial score (nSPS) is 13.5. The van der Waals surface area contributed by atoms with E-state index in [9.17, 15) is 4.79 Å². The molecule has 0 aliphatic carbocycles. The van der Waals surface area contributed by atoms with Gasteiger partial charge < -0.3 is 9.47 Å². The van der Waals surface area contributed by atoms with Crippen LogP contribution in [0.2, 0.25) is 5.02 Å². The minimum atomic E-state index is -0.135. The van der Waals surface area contributed by atoms with Crippen molar-refractivity contribution in [2.24, 2.45) is 7.05 Å². The van der Waals surface area contributed by atoms with Gasteiger partial charge in [-0.25, -0.2) is 4.79 Å². The molecule has 2 aromatic heterocycles. The number of carbonyl (C=O) groups is 1. The Morgan fingerprint density at radius 1 is 1.16 bits per heavy atom. The van der Waals surface area contributed by atoms with E-state index in [4.69, 9.17) is 11.6 Å². The number of urea groups is 1. The standard InChI is InChI=1S/C23H21BrClN5O/c1-14-21(15-6-8-16(24)9-7-15)22(28(2)27-14)26-23(31)29-10-11-30-17(13-29)12-18-19(25)4-3-5-20(18)30/h3-9,12H,10-11,13H2,1-2H3,(H,26,31). The van der Waals surface area contributed by atoms with Crippen LogP contribution in [0.4, 0.5) is 10.6 Å². The molecule has 3 heterocycles. The highest BCUT2D eigenvalue weighted by molar-refractivity contribution is 9.10. The third kappa shape index (κ3) is 3.51. The second-order valence-electron chi connectivity index (χ2n) is 7.75. The van der Waals surface area contributed by atoms with Gasteiger partial charge in [0, 0.05) is 51.8 Å². The smallest absolute Gasteiger partial charge is 0.323 e. The van der Waals surface area contributed by atoms with Crippen molar-refractivity contribution in [3.05, 3.63) is 69.4 Å². The molecule has 1 aliphatic rings. The van der Waals surface area contributed by atoms with Crippen LogP contribution >= 0.6 is 27.5 Å². The van der Waals surface area contributed by atoms with Gasteiger partial charge in [0.2, 0.25) is 0 Å². The minimum Gasteiger partial charge on any atom is -0.341 e. The second kappa shape index (κ2) is 7.73. The van der Waals surface area contributed by atoms with E-state index in [1.165, 1.54) is 0 Å².